The highest BCUT2D eigenvalue weighted by Crippen LogP contribution is 2.36. The molecule has 0 amide bonds. The number of nitrogens with zero attached hydrogens (tertiary/aromatic N) is 2. The van der Waals surface area contributed by atoms with Crippen LogP contribution in [0.1, 0.15) is 30.0 Å². The summed E-state index contributed by atoms with van der Waals surface area (Å²) in [5.41, 5.74) is 0.782. The van der Waals surface area contributed by atoms with E-state index < -0.39 is 0 Å². The van der Waals surface area contributed by atoms with Gasteiger partial charge in [0.15, 0.2) is 0 Å². The average molecular weight is 293 g/mol. The lowest BCUT2D eigenvalue weighted by molar-refractivity contribution is 0.379. The zero-order chi connectivity index (χ0) is 14.4. The first-order chi connectivity index (χ1) is 9.81. The van der Waals surface area contributed by atoms with Crippen molar-refractivity contribution in [2.75, 3.05) is 20.8 Å². The van der Waals surface area contributed by atoms with Gasteiger partial charge in [-0.1, -0.05) is 6.92 Å². The number of methoxy groups -OCH3 is 2. The van der Waals surface area contributed by atoms with Crippen LogP contribution < -0.4 is 14.8 Å². The Bertz CT molecular complexity index is 545. The summed E-state index contributed by atoms with van der Waals surface area (Å²) in [6, 6.07) is 1.89. The highest BCUT2D eigenvalue weighted by Gasteiger charge is 2.24. The van der Waals surface area contributed by atoms with Gasteiger partial charge in [0.2, 0.25) is 5.88 Å². The Kier molecular flexibility index (Phi) is 5.31. The molecular weight excluding hydrogens is 274 g/mol. The smallest absolute Gasteiger partial charge is 0.237 e. The van der Waals surface area contributed by atoms with Gasteiger partial charge < -0.3 is 14.8 Å². The van der Waals surface area contributed by atoms with Crippen molar-refractivity contribution in [2.24, 2.45) is 0 Å². The van der Waals surface area contributed by atoms with Crippen molar-refractivity contribution in [3.63, 3.8) is 0 Å². The Morgan fingerprint density at radius 2 is 2.05 bits per heavy atom. The first kappa shape index (κ1) is 14.7. The fraction of sp³-hybridized carbons (Fsp3) is 0.429. The molecule has 0 aliphatic heterocycles. The van der Waals surface area contributed by atoms with Crippen LogP contribution in [-0.4, -0.2) is 30.7 Å². The van der Waals surface area contributed by atoms with Crippen molar-refractivity contribution in [1.29, 1.82) is 0 Å². The normalized spacial score (nSPS) is 12.2. The molecule has 0 bridgehead atoms. The van der Waals surface area contributed by atoms with Gasteiger partial charge >= 0.3 is 0 Å². The molecule has 1 unspecified atom stereocenters. The lowest BCUT2D eigenvalue weighted by atomic mass is 10.1. The largest absolute Gasteiger partial charge is 0.496 e. The molecule has 5 nitrogen and oxygen atoms in total. The highest BCUT2D eigenvalue weighted by molar-refractivity contribution is 7.10. The molecule has 2 rings (SSSR count). The lowest BCUT2D eigenvalue weighted by Gasteiger charge is -2.19. The minimum absolute atomic E-state index is 0.0754. The molecule has 108 valence electrons. The summed E-state index contributed by atoms with van der Waals surface area (Å²) in [4.78, 5) is 9.75. The van der Waals surface area contributed by atoms with E-state index >= 15 is 0 Å². The van der Waals surface area contributed by atoms with E-state index in [0.29, 0.717) is 5.88 Å². The Morgan fingerprint density at radius 3 is 2.75 bits per heavy atom. The molecule has 6 heteroatoms. The molecule has 0 aliphatic rings. The number of thiophene rings is 1. The Balaban J connectivity index is 2.41. The van der Waals surface area contributed by atoms with Crippen LogP contribution in [0.2, 0.25) is 0 Å². The second kappa shape index (κ2) is 7.21. The van der Waals surface area contributed by atoms with Gasteiger partial charge in [-0.05, 0) is 24.4 Å². The summed E-state index contributed by atoms with van der Waals surface area (Å²) in [6.07, 6.45) is 4.34. The van der Waals surface area contributed by atoms with E-state index in [-0.39, 0.29) is 6.04 Å². The first-order valence-electron chi connectivity index (χ1n) is 6.51. The van der Waals surface area contributed by atoms with Crippen molar-refractivity contribution in [3.05, 3.63) is 34.4 Å². The summed E-state index contributed by atoms with van der Waals surface area (Å²) in [5, 5.41) is 5.50. The summed E-state index contributed by atoms with van der Waals surface area (Å²) in [6.45, 7) is 3.01. The number of nitrogens with one attached hydrogen (secondary N) is 1. The van der Waals surface area contributed by atoms with E-state index in [9.17, 15) is 0 Å². The standard InChI is InChI=1S/C14H19N3O2S/c1-4-6-15-11(13-10(18-2)5-9-20-13)12-14(19-3)17-8-7-16-12/h5,7-9,11,15H,4,6H2,1-3H3. The van der Waals surface area contributed by atoms with Crippen LogP contribution in [0.25, 0.3) is 0 Å². The second-order valence-electron chi connectivity index (χ2n) is 4.19. The zero-order valence-electron chi connectivity index (χ0n) is 11.9. The molecule has 1 N–H and O–H groups in total. The van der Waals surface area contributed by atoms with E-state index in [4.69, 9.17) is 9.47 Å². The minimum Gasteiger partial charge on any atom is -0.496 e. The maximum Gasteiger partial charge on any atom is 0.237 e. The van der Waals surface area contributed by atoms with E-state index in [1.807, 2.05) is 11.4 Å². The predicted molar refractivity (Wildman–Crippen MR) is 79.6 cm³/mol. The maximum absolute atomic E-state index is 5.42. The maximum atomic E-state index is 5.42. The first-order valence-corrected chi connectivity index (χ1v) is 7.39. The van der Waals surface area contributed by atoms with Gasteiger partial charge in [-0.25, -0.2) is 4.98 Å². The van der Waals surface area contributed by atoms with Crippen molar-refractivity contribution in [3.8, 4) is 11.6 Å². The van der Waals surface area contributed by atoms with E-state index in [1.165, 1.54) is 0 Å². The topological polar surface area (TPSA) is 56.3 Å². The quantitative estimate of drug-likeness (QED) is 0.850. The van der Waals surface area contributed by atoms with Crippen LogP contribution in [0.3, 0.4) is 0 Å². The van der Waals surface area contributed by atoms with Gasteiger partial charge in [0.25, 0.3) is 0 Å². The van der Waals surface area contributed by atoms with Gasteiger partial charge in [-0.2, -0.15) is 0 Å². The second-order valence-corrected chi connectivity index (χ2v) is 5.14. The van der Waals surface area contributed by atoms with Gasteiger partial charge in [-0.3, -0.25) is 4.98 Å². The van der Waals surface area contributed by atoms with Gasteiger partial charge in [0, 0.05) is 12.4 Å². The van der Waals surface area contributed by atoms with Crippen molar-refractivity contribution in [1.82, 2.24) is 15.3 Å². The van der Waals surface area contributed by atoms with Crippen LogP contribution >= 0.6 is 11.3 Å². The molecule has 1 atom stereocenters. The number of hydrogen-bond donors (Lipinski definition) is 1. The van der Waals surface area contributed by atoms with Crippen molar-refractivity contribution in [2.45, 2.75) is 19.4 Å². The third-order valence-corrected chi connectivity index (χ3v) is 3.86. The monoisotopic (exact) mass is 293 g/mol. The Hall–Kier alpha value is -1.66. The molecule has 0 fully saturated rings. The summed E-state index contributed by atoms with van der Waals surface area (Å²) < 4.78 is 10.8. The van der Waals surface area contributed by atoms with Crippen LogP contribution in [0, 0.1) is 0 Å². The van der Waals surface area contributed by atoms with E-state index in [2.05, 4.69) is 22.2 Å². The molecule has 0 aliphatic carbocycles. The Labute approximate surface area is 123 Å². The molecule has 0 aromatic carbocycles. The van der Waals surface area contributed by atoms with Crippen molar-refractivity contribution < 1.29 is 9.47 Å². The van der Waals surface area contributed by atoms with Crippen LogP contribution in [-0.2, 0) is 0 Å². The average Bonchev–Trinajstić information content (AvgIpc) is 2.96. The SMILES string of the molecule is CCCNC(c1nccnc1OC)c1sccc1OC. The van der Waals surface area contributed by atoms with Crippen LogP contribution in [0.5, 0.6) is 11.6 Å². The molecular formula is C14H19N3O2S. The summed E-state index contributed by atoms with van der Waals surface area (Å²) in [5.74, 6) is 1.40. The molecule has 20 heavy (non-hydrogen) atoms. The molecule has 2 heterocycles. The third kappa shape index (κ3) is 3.08. The summed E-state index contributed by atoms with van der Waals surface area (Å²) in [7, 11) is 3.28. The fourth-order valence-electron chi connectivity index (χ4n) is 1.98. The number of hydrogen-bond acceptors (Lipinski definition) is 6. The Morgan fingerprint density at radius 1 is 1.25 bits per heavy atom. The number of aromatic nitrogens is 2. The third-order valence-electron chi connectivity index (χ3n) is 2.90. The van der Waals surface area contributed by atoms with Crippen LogP contribution in [0.4, 0.5) is 0 Å². The lowest BCUT2D eigenvalue weighted by Crippen LogP contribution is -2.24. The van der Waals surface area contributed by atoms with Crippen molar-refractivity contribution >= 4 is 11.3 Å². The number of ether oxygens (including phenoxy) is 2. The fourth-order valence-corrected chi connectivity index (χ4v) is 2.92. The molecule has 0 radical (unpaired) electrons. The molecule has 0 saturated heterocycles. The molecule has 2 aromatic rings. The summed E-state index contributed by atoms with van der Waals surface area (Å²) >= 11 is 1.64. The number of rotatable bonds is 7. The van der Waals surface area contributed by atoms with Gasteiger partial charge in [-0.15, -0.1) is 11.3 Å². The van der Waals surface area contributed by atoms with E-state index in [0.717, 1.165) is 29.3 Å². The minimum atomic E-state index is -0.0754. The predicted octanol–water partition coefficient (Wildman–Crippen LogP) is 2.64. The molecule has 0 saturated carbocycles. The molecule has 2 aromatic heterocycles. The van der Waals surface area contributed by atoms with Gasteiger partial charge in [0.05, 0.1) is 25.1 Å². The van der Waals surface area contributed by atoms with Gasteiger partial charge in [0.1, 0.15) is 11.4 Å². The highest BCUT2D eigenvalue weighted by atomic mass is 32.1. The van der Waals surface area contributed by atoms with E-state index in [1.54, 1.807) is 38.0 Å². The molecule has 0 spiro atoms. The zero-order valence-corrected chi connectivity index (χ0v) is 12.7. The van der Waals surface area contributed by atoms with Crippen LogP contribution in [0.15, 0.2) is 23.8 Å².